The summed E-state index contributed by atoms with van der Waals surface area (Å²) in [5, 5.41) is 0.171. The van der Waals surface area contributed by atoms with Gasteiger partial charge in [-0.15, -0.1) is 0 Å². The predicted octanol–water partition coefficient (Wildman–Crippen LogP) is 2.20. The Kier molecular flexibility index (Phi) is 6.96. The van der Waals surface area contributed by atoms with Gasteiger partial charge in [-0.1, -0.05) is 19.4 Å². The highest BCUT2D eigenvalue weighted by Crippen LogP contribution is 2.04. The van der Waals surface area contributed by atoms with E-state index in [-0.39, 0.29) is 11.2 Å². The van der Waals surface area contributed by atoms with Crippen LogP contribution in [0.1, 0.15) is 26.7 Å². The van der Waals surface area contributed by atoms with Crippen molar-refractivity contribution in [2.45, 2.75) is 31.9 Å². The van der Waals surface area contributed by atoms with Crippen LogP contribution in [0, 0.1) is 0 Å². The van der Waals surface area contributed by atoms with Gasteiger partial charge in [0.25, 0.3) is 0 Å². The summed E-state index contributed by atoms with van der Waals surface area (Å²) in [6.45, 7) is 4.27. The topological polar surface area (TPSA) is 26.3 Å². The van der Waals surface area contributed by atoms with E-state index in [1.54, 1.807) is 13.0 Å². The van der Waals surface area contributed by atoms with Gasteiger partial charge in [0.05, 0.1) is 0 Å². The Morgan fingerprint density at radius 2 is 2.33 bits per heavy atom. The Morgan fingerprint density at radius 1 is 1.67 bits per heavy atom. The summed E-state index contributed by atoms with van der Waals surface area (Å²) in [4.78, 5) is 10.8. The minimum atomic E-state index is -0.285. The van der Waals surface area contributed by atoms with Crippen molar-refractivity contribution in [3.05, 3.63) is 12.2 Å². The smallest absolute Gasteiger partial charge is 0.330 e. The number of esters is 1. The molecule has 0 rings (SSSR count). The monoisotopic (exact) mass is 188 g/mol. The molecule has 0 fully saturated rings. The lowest BCUT2D eigenvalue weighted by Crippen LogP contribution is -2.12. The van der Waals surface area contributed by atoms with Crippen LogP contribution in [-0.2, 0) is 9.53 Å². The van der Waals surface area contributed by atoms with E-state index in [0.29, 0.717) is 6.61 Å². The maximum Gasteiger partial charge on any atom is 0.330 e. The number of rotatable bonds is 5. The summed E-state index contributed by atoms with van der Waals surface area (Å²) in [5.41, 5.74) is 0. The first-order valence-electron chi connectivity index (χ1n) is 4.18. The maximum atomic E-state index is 10.8. The van der Waals surface area contributed by atoms with Gasteiger partial charge in [0.2, 0.25) is 0 Å². The fourth-order valence-electron chi connectivity index (χ4n) is 0.779. The lowest BCUT2D eigenvalue weighted by Gasteiger charge is -2.08. The molecule has 12 heavy (non-hydrogen) atoms. The molecule has 0 N–H and O–H groups in total. The third kappa shape index (κ3) is 6.28. The average molecular weight is 188 g/mol. The van der Waals surface area contributed by atoms with Gasteiger partial charge in [-0.25, -0.2) is 4.79 Å². The molecular formula is C9H16O2S. The summed E-state index contributed by atoms with van der Waals surface area (Å²) < 4.78 is 4.89. The standard InChI is InChI=1S/C9H16O2S/c1-3-5-8(12)7-11-9(10)6-4-2/h4,6,8,12H,3,5,7H2,1-2H3/b6-4+. The minimum Gasteiger partial charge on any atom is -0.461 e. The molecule has 0 saturated heterocycles. The second kappa shape index (κ2) is 7.22. The molecule has 0 aromatic carbocycles. The van der Waals surface area contributed by atoms with Gasteiger partial charge in [0.15, 0.2) is 0 Å². The van der Waals surface area contributed by atoms with Crippen molar-refractivity contribution < 1.29 is 9.53 Å². The van der Waals surface area contributed by atoms with E-state index in [2.05, 4.69) is 19.6 Å². The number of carbonyl (C=O) groups is 1. The number of hydrogen-bond acceptors (Lipinski definition) is 3. The summed E-state index contributed by atoms with van der Waals surface area (Å²) in [5.74, 6) is -0.285. The third-order valence-electron chi connectivity index (χ3n) is 1.34. The first-order valence-corrected chi connectivity index (χ1v) is 4.69. The highest BCUT2D eigenvalue weighted by Gasteiger charge is 2.03. The highest BCUT2D eigenvalue weighted by molar-refractivity contribution is 7.81. The SMILES string of the molecule is C/C=C/C(=O)OCC(S)CCC. The van der Waals surface area contributed by atoms with Gasteiger partial charge in [0.1, 0.15) is 6.61 Å². The van der Waals surface area contributed by atoms with Crippen molar-refractivity contribution in [3.63, 3.8) is 0 Å². The molecule has 3 heteroatoms. The summed E-state index contributed by atoms with van der Waals surface area (Å²) >= 11 is 4.25. The number of carbonyl (C=O) groups excluding carboxylic acids is 1. The summed E-state index contributed by atoms with van der Waals surface area (Å²) in [6, 6.07) is 0. The lowest BCUT2D eigenvalue weighted by atomic mass is 10.2. The van der Waals surface area contributed by atoms with Crippen molar-refractivity contribution in [2.75, 3.05) is 6.61 Å². The number of hydrogen-bond donors (Lipinski definition) is 1. The van der Waals surface area contributed by atoms with Crippen LogP contribution < -0.4 is 0 Å². The third-order valence-corrected chi connectivity index (χ3v) is 1.75. The van der Waals surface area contributed by atoms with E-state index < -0.39 is 0 Å². The first-order chi connectivity index (χ1) is 5.70. The van der Waals surface area contributed by atoms with Crippen molar-refractivity contribution in [1.82, 2.24) is 0 Å². The fraction of sp³-hybridized carbons (Fsp3) is 0.667. The molecule has 1 unspecified atom stereocenters. The Bertz CT molecular complexity index is 155. The van der Waals surface area contributed by atoms with E-state index >= 15 is 0 Å². The van der Waals surface area contributed by atoms with Crippen molar-refractivity contribution in [3.8, 4) is 0 Å². The van der Waals surface area contributed by atoms with E-state index in [9.17, 15) is 4.79 Å². The van der Waals surface area contributed by atoms with Crippen molar-refractivity contribution >= 4 is 18.6 Å². The zero-order valence-corrected chi connectivity index (χ0v) is 8.51. The predicted molar refractivity (Wildman–Crippen MR) is 53.5 cm³/mol. The fourth-order valence-corrected chi connectivity index (χ4v) is 1.11. The van der Waals surface area contributed by atoms with Crippen LogP contribution in [0.4, 0.5) is 0 Å². The largest absolute Gasteiger partial charge is 0.461 e. The van der Waals surface area contributed by atoms with E-state index in [1.807, 2.05) is 0 Å². The molecule has 0 aliphatic rings. The minimum absolute atomic E-state index is 0.171. The van der Waals surface area contributed by atoms with Gasteiger partial charge in [-0.3, -0.25) is 0 Å². The second-order valence-electron chi connectivity index (χ2n) is 2.57. The molecule has 0 aromatic heterocycles. The lowest BCUT2D eigenvalue weighted by molar-refractivity contribution is -0.137. The Labute approximate surface area is 79.4 Å². The normalized spacial score (nSPS) is 13.2. The molecule has 0 aromatic rings. The van der Waals surface area contributed by atoms with Crippen molar-refractivity contribution in [1.29, 1.82) is 0 Å². The molecule has 0 aliphatic carbocycles. The van der Waals surface area contributed by atoms with Crippen LogP contribution >= 0.6 is 12.6 Å². The molecule has 70 valence electrons. The van der Waals surface area contributed by atoms with Crippen LogP contribution in [0.15, 0.2) is 12.2 Å². The Balaban J connectivity index is 3.46. The summed E-state index contributed by atoms with van der Waals surface area (Å²) in [7, 11) is 0. The molecule has 0 saturated carbocycles. The zero-order valence-electron chi connectivity index (χ0n) is 7.62. The van der Waals surface area contributed by atoms with E-state index in [4.69, 9.17) is 4.74 Å². The number of allylic oxidation sites excluding steroid dienone is 1. The molecule has 0 amide bonds. The molecule has 0 heterocycles. The van der Waals surface area contributed by atoms with Crippen LogP contribution in [0.2, 0.25) is 0 Å². The first kappa shape index (κ1) is 11.6. The van der Waals surface area contributed by atoms with Gasteiger partial charge in [-0.05, 0) is 13.3 Å². The quantitative estimate of drug-likeness (QED) is 0.407. The molecule has 0 bridgehead atoms. The molecule has 0 radical (unpaired) electrons. The number of thiol groups is 1. The van der Waals surface area contributed by atoms with Gasteiger partial charge in [-0.2, -0.15) is 12.6 Å². The summed E-state index contributed by atoms with van der Waals surface area (Å²) in [6.07, 6.45) is 5.11. The molecule has 2 nitrogen and oxygen atoms in total. The molecule has 1 atom stereocenters. The Hall–Kier alpha value is -0.440. The molecule has 0 aliphatic heterocycles. The number of ether oxygens (including phenoxy) is 1. The van der Waals surface area contributed by atoms with E-state index in [0.717, 1.165) is 12.8 Å². The van der Waals surface area contributed by atoms with Crippen molar-refractivity contribution in [2.24, 2.45) is 0 Å². The maximum absolute atomic E-state index is 10.8. The van der Waals surface area contributed by atoms with Gasteiger partial charge >= 0.3 is 5.97 Å². The van der Waals surface area contributed by atoms with Crippen LogP contribution in [0.3, 0.4) is 0 Å². The zero-order chi connectivity index (χ0) is 9.40. The van der Waals surface area contributed by atoms with Gasteiger partial charge < -0.3 is 4.74 Å². The second-order valence-corrected chi connectivity index (χ2v) is 3.30. The molecule has 0 spiro atoms. The Morgan fingerprint density at radius 3 is 2.83 bits per heavy atom. The van der Waals surface area contributed by atoms with Crippen LogP contribution in [0.5, 0.6) is 0 Å². The van der Waals surface area contributed by atoms with E-state index in [1.165, 1.54) is 6.08 Å². The van der Waals surface area contributed by atoms with Gasteiger partial charge in [0, 0.05) is 11.3 Å². The highest BCUT2D eigenvalue weighted by atomic mass is 32.1. The van der Waals surface area contributed by atoms with Crippen LogP contribution in [-0.4, -0.2) is 17.8 Å². The molecular weight excluding hydrogens is 172 g/mol. The van der Waals surface area contributed by atoms with Crippen LogP contribution in [0.25, 0.3) is 0 Å². The average Bonchev–Trinajstić information content (AvgIpc) is 2.02.